The first kappa shape index (κ1) is 33.6. The second kappa shape index (κ2) is 14.7. The van der Waals surface area contributed by atoms with Crippen LogP contribution < -0.4 is 4.90 Å². The molecule has 0 radical (unpaired) electrons. The molecular weight excluding hydrogens is 695 g/mol. The molecule has 0 spiro atoms. The molecule has 0 N–H and O–H groups in total. The van der Waals surface area contributed by atoms with Gasteiger partial charge in [-0.15, -0.1) is 11.3 Å². The molecule has 0 aliphatic rings. The van der Waals surface area contributed by atoms with Gasteiger partial charge in [0.25, 0.3) is 0 Å². The van der Waals surface area contributed by atoms with Crippen LogP contribution in [0, 0.1) is 0 Å². The van der Waals surface area contributed by atoms with Crippen molar-refractivity contribution in [3.63, 3.8) is 0 Å². The Balaban J connectivity index is 1.01. The molecular formula is C54H37NS. The molecule has 264 valence electrons. The lowest BCUT2D eigenvalue weighted by atomic mass is 9.98. The van der Waals surface area contributed by atoms with E-state index in [1.807, 2.05) is 11.3 Å². The van der Waals surface area contributed by atoms with E-state index in [0.717, 1.165) is 17.1 Å². The Morgan fingerprint density at radius 1 is 0.232 bits per heavy atom. The topological polar surface area (TPSA) is 3.24 Å². The number of hydrogen-bond acceptors (Lipinski definition) is 2. The van der Waals surface area contributed by atoms with Gasteiger partial charge in [-0.1, -0.05) is 158 Å². The number of thiophene rings is 1. The van der Waals surface area contributed by atoms with Gasteiger partial charge < -0.3 is 4.90 Å². The van der Waals surface area contributed by atoms with Crippen molar-refractivity contribution in [3.8, 4) is 55.6 Å². The molecule has 0 amide bonds. The highest BCUT2D eigenvalue weighted by Gasteiger charge is 2.15. The summed E-state index contributed by atoms with van der Waals surface area (Å²) in [5, 5.41) is 2.64. The zero-order chi connectivity index (χ0) is 37.3. The molecule has 0 unspecified atom stereocenters. The quantitative estimate of drug-likeness (QED) is 0.150. The van der Waals surface area contributed by atoms with Crippen LogP contribution in [0.15, 0.2) is 224 Å². The molecule has 1 nitrogen and oxygen atoms in total. The maximum Gasteiger partial charge on any atom is 0.0462 e. The highest BCUT2D eigenvalue weighted by atomic mass is 32.1. The van der Waals surface area contributed by atoms with Crippen LogP contribution in [0.1, 0.15) is 0 Å². The van der Waals surface area contributed by atoms with E-state index in [1.54, 1.807) is 0 Å². The van der Waals surface area contributed by atoms with Crippen molar-refractivity contribution in [1.29, 1.82) is 0 Å². The van der Waals surface area contributed by atoms with Crippen LogP contribution in [0.2, 0.25) is 0 Å². The van der Waals surface area contributed by atoms with Crippen LogP contribution in [-0.2, 0) is 0 Å². The maximum atomic E-state index is 2.35. The van der Waals surface area contributed by atoms with Gasteiger partial charge in [-0.05, 0) is 122 Å². The standard InChI is InChI=1S/C54H37NS/c1-3-11-38(12-4-1)43-15-9-17-45(35-43)40-21-28-48(29-22-40)55(49-30-23-41(24-31-49)46-18-10-16-44(36-46)39-13-5-2-6-14-39)50-32-25-42(26-33-50)47-27-34-54-52(37-47)51-19-7-8-20-53(51)56-54/h1-37H. The Morgan fingerprint density at radius 3 is 1.04 bits per heavy atom. The van der Waals surface area contributed by atoms with Crippen LogP contribution in [0.5, 0.6) is 0 Å². The fourth-order valence-electron chi connectivity index (χ4n) is 7.78. The summed E-state index contributed by atoms with van der Waals surface area (Å²) in [7, 11) is 0. The number of hydrogen-bond donors (Lipinski definition) is 0. The molecule has 0 atom stereocenters. The van der Waals surface area contributed by atoms with Crippen LogP contribution in [0.3, 0.4) is 0 Å². The number of anilines is 3. The lowest BCUT2D eigenvalue weighted by Gasteiger charge is -2.26. The molecule has 1 aromatic heterocycles. The fourth-order valence-corrected chi connectivity index (χ4v) is 8.87. The van der Waals surface area contributed by atoms with E-state index in [1.165, 1.54) is 75.8 Å². The summed E-state index contributed by atoms with van der Waals surface area (Å²) < 4.78 is 2.65. The van der Waals surface area contributed by atoms with Crippen molar-refractivity contribution >= 4 is 48.6 Å². The number of benzene rings is 9. The average molecular weight is 732 g/mol. The summed E-state index contributed by atoms with van der Waals surface area (Å²) in [6, 6.07) is 81.3. The van der Waals surface area contributed by atoms with Crippen molar-refractivity contribution in [3.05, 3.63) is 224 Å². The number of nitrogens with zero attached hydrogens (tertiary/aromatic N) is 1. The average Bonchev–Trinajstić information content (AvgIpc) is 3.66. The molecule has 10 rings (SSSR count). The number of rotatable bonds is 8. The van der Waals surface area contributed by atoms with Crippen LogP contribution in [0.25, 0.3) is 75.8 Å². The first-order valence-electron chi connectivity index (χ1n) is 19.1. The molecule has 0 aliphatic heterocycles. The van der Waals surface area contributed by atoms with Gasteiger partial charge in [0.05, 0.1) is 0 Å². The molecule has 0 saturated carbocycles. The molecule has 1 heterocycles. The van der Waals surface area contributed by atoms with Crippen LogP contribution in [-0.4, -0.2) is 0 Å². The van der Waals surface area contributed by atoms with Gasteiger partial charge in [0, 0.05) is 37.2 Å². The predicted molar refractivity (Wildman–Crippen MR) is 241 cm³/mol. The Bertz CT molecular complexity index is 2800. The molecule has 9 aromatic carbocycles. The summed E-state index contributed by atoms with van der Waals surface area (Å²) in [4.78, 5) is 2.35. The molecule has 10 aromatic rings. The Morgan fingerprint density at radius 2 is 0.571 bits per heavy atom. The second-order valence-corrected chi connectivity index (χ2v) is 15.3. The normalized spacial score (nSPS) is 11.2. The van der Waals surface area contributed by atoms with E-state index in [0.29, 0.717) is 0 Å². The molecule has 0 aliphatic carbocycles. The lowest BCUT2D eigenvalue weighted by molar-refractivity contribution is 1.28. The van der Waals surface area contributed by atoms with Gasteiger partial charge >= 0.3 is 0 Å². The van der Waals surface area contributed by atoms with Crippen LogP contribution >= 0.6 is 11.3 Å². The Hall–Kier alpha value is -7.00. The highest BCUT2D eigenvalue weighted by Crippen LogP contribution is 2.40. The minimum absolute atomic E-state index is 1.10. The molecule has 56 heavy (non-hydrogen) atoms. The van der Waals surface area contributed by atoms with Gasteiger partial charge in [0.15, 0.2) is 0 Å². The van der Waals surface area contributed by atoms with Gasteiger partial charge in [0.2, 0.25) is 0 Å². The Kier molecular flexibility index (Phi) is 8.79. The Labute approximate surface area is 332 Å². The van der Waals surface area contributed by atoms with Crippen molar-refractivity contribution in [2.24, 2.45) is 0 Å². The highest BCUT2D eigenvalue weighted by molar-refractivity contribution is 7.25. The summed E-state index contributed by atoms with van der Waals surface area (Å²) in [6.45, 7) is 0. The zero-order valence-corrected chi connectivity index (χ0v) is 31.5. The van der Waals surface area contributed by atoms with Crippen molar-refractivity contribution in [2.75, 3.05) is 4.90 Å². The van der Waals surface area contributed by atoms with E-state index < -0.39 is 0 Å². The molecule has 0 saturated heterocycles. The van der Waals surface area contributed by atoms with Crippen LogP contribution in [0.4, 0.5) is 17.1 Å². The van der Waals surface area contributed by atoms with Crippen molar-refractivity contribution < 1.29 is 0 Å². The van der Waals surface area contributed by atoms with E-state index in [-0.39, 0.29) is 0 Å². The van der Waals surface area contributed by atoms with E-state index >= 15 is 0 Å². The third-order valence-electron chi connectivity index (χ3n) is 10.7. The summed E-state index contributed by atoms with van der Waals surface area (Å²) in [6.07, 6.45) is 0. The van der Waals surface area contributed by atoms with E-state index in [9.17, 15) is 0 Å². The van der Waals surface area contributed by atoms with Gasteiger partial charge in [0.1, 0.15) is 0 Å². The van der Waals surface area contributed by atoms with Crippen molar-refractivity contribution in [2.45, 2.75) is 0 Å². The fraction of sp³-hybridized carbons (Fsp3) is 0. The smallest absolute Gasteiger partial charge is 0.0462 e. The second-order valence-electron chi connectivity index (χ2n) is 14.2. The van der Waals surface area contributed by atoms with E-state index in [4.69, 9.17) is 0 Å². The minimum Gasteiger partial charge on any atom is -0.311 e. The van der Waals surface area contributed by atoms with Gasteiger partial charge in [-0.2, -0.15) is 0 Å². The summed E-state index contributed by atoms with van der Waals surface area (Å²) in [5.74, 6) is 0. The summed E-state index contributed by atoms with van der Waals surface area (Å²) >= 11 is 1.86. The first-order valence-corrected chi connectivity index (χ1v) is 19.9. The SMILES string of the molecule is c1ccc(-c2cccc(-c3ccc(N(c4ccc(-c5cccc(-c6ccccc6)c5)cc4)c4ccc(-c5ccc6sc7ccccc7c6c5)cc4)cc3)c2)cc1. The molecule has 2 heteroatoms. The van der Waals surface area contributed by atoms with Crippen molar-refractivity contribution in [1.82, 2.24) is 0 Å². The number of fused-ring (bicyclic) bond motifs is 3. The summed E-state index contributed by atoms with van der Waals surface area (Å²) in [5.41, 5.74) is 15.4. The predicted octanol–water partition coefficient (Wildman–Crippen LogP) is 15.9. The van der Waals surface area contributed by atoms with Gasteiger partial charge in [-0.25, -0.2) is 0 Å². The third-order valence-corrected chi connectivity index (χ3v) is 11.8. The largest absolute Gasteiger partial charge is 0.311 e. The lowest BCUT2D eigenvalue weighted by Crippen LogP contribution is -2.09. The first-order chi connectivity index (χ1) is 27.7. The zero-order valence-electron chi connectivity index (χ0n) is 30.7. The maximum absolute atomic E-state index is 2.35. The van der Waals surface area contributed by atoms with Gasteiger partial charge in [-0.3, -0.25) is 0 Å². The molecule has 0 fully saturated rings. The third kappa shape index (κ3) is 6.57. The monoisotopic (exact) mass is 731 g/mol. The van der Waals surface area contributed by atoms with E-state index in [2.05, 4.69) is 229 Å². The minimum atomic E-state index is 1.10. The molecule has 0 bridgehead atoms.